The maximum absolute atomic E-state index is 12.7. The fourth-order valence-electron chi connectivity index (χ4n) is 3.22. The van der Waals surface area contributed by atoms with Crippen LogP contribution in [0.25, 0.3) is 0 Å². The first kappa shape index (κ1) is 17.1. The van der Waals surface area contributed by atoms with E-state index in [1.54, 1.807) is 17.3 Å². The fourth-order valence-corrected chi connectivity index (χ4v) is 3.22. The number of amides is 2. The maximum atomic E-state index is 12.7. The molecule has 0 saturated carbocycles. The van der Waals surface area contributed by atoms with Crippen molar-refractivity contribution >= 4 is 17.5 Å². The van der Waals surface area contributed by atoms with Gasteiger partial charge in [-0.05, 0) is 36.1 Å². The van der Waals surface area contributed by atoms with E-state index in [9.17, 15) is 9.59 Å². The Labute approximate surface area is 148 Å². The average Bonchev–Trinajstić information content (AvgIpc) is 2.65. The van der Waals surface area contributed by atoms with Gasteiger partial charge in [-0.25, -0.2) is 0 Å². The van der Waals surface area contributed by atoms with E-state index in [0.29, 0.717) is 19.5 Å². The van der Waals surface area contributed by atoms with Crippen LogP contribution in [0.5, 0.6) is 0 Å². The molecule has 2 amide bonds. The topological polar surface area (TPSA) is 53.5 Å². The second-order valence-corrected chi connectivity index (χ2v) is 6.33. The van der Waals surface area contributed by atoms with Gasteiger partial charge in [-0.15, -0.1) is 0 Å². The number of benzene rings is 1. The molecule has 0 saturated heterocycles. The third-order valence-corrected chi connectivity index (χ3v) is 4.55. The number of anilines is 1. The van der Waals surface area contributed by atoms with Crippen LogP contribution in [0.4, 0.5) is 5.69 Å². The highest BCUT2D eigenvalue weighted by Crippen LogP contribution is 2.27. The molecule has 0 bridgehead atoms. The minimum Gasteiger partial charge on any atom is -0.338 e. The van der Waals surface area contributed by atoms with Gasteiger partial charge >= 0.3 is 0 Å². The summed E-state index contributed by atoms with van der Waals surface area (Å²) < 4.78 is 0. The number of para-hydroxylation sites is 1. The van der Waals surface area contributed by atoms with Crippen molar-refractivity contribution in [3.05, 3.63) is 59.9 Å². The third kappa shape index (κ3) is 4.24. The summed E-state index contributed by atoms with van der Waals surface area (Å²) in [5, 5.41) is 0. The molecular weight excluding hydrogens is 314 g/mol. The highest BCUT2D eigenvalue weighted by molar-refractivity contribution is 5.94. The van der Waals surface area contributed by atoms with Crippen molar-refractivity contribution in [3.63, 3.8) is 0 Å². The quantitative estimate of drug-likeness (QED) is 0.843. The molecule has 2 aromatic rings. The highest BCUT2D eigenvalue weighted by Gasteiger charge is 2.22. The smallest absolute Gasteiger partial charge is 0.228 e. The lowest BCUT2D eigenvalue weighted by atomic mass is 10.0. The zero-order valence-electron chi connectivity index (χ0n) is 14.5. The minimum absolute atomic E-state index is 0.0318. The molecule has 25 heavy (non-hydrogen) atoms. The molecule has 0 radical (unpaired) electrons. The second kappa shape index (κ2) is 7.92. The molecule has 1 aliphatic heterocycles. The van der Waals surface area contributed by atoms with Gasteiger partial charge in [-0.2, -0.15) is 0 Å². The molecule has 1 aromatic carbocycles. The van der Waals surface area contributed by atoms with Gasteiger partial charge in [-0.3, -0.25) is 14.6 Å². The van der Waals surface area contributed by atoms with E-state index in [0.717, 1.165) is 30.6 Å². The minimum atomic E-state index is -0.0318. The monoisotopic (exact) mass is 337 g/mol. The second-order valence-electron chi connectivity index (χ2n) is 6.33. The summed E-state index contributed by atoms with van der Waals surface area (Å²) in [7, 11) is 0. The fraction of sp³-hybridized carbons (Fsp3) is 0.350. The number of aromatic nitrogens is 1. The molecule has 5 heteroatoms. The van der Waals surface area contributed by atoms with E-state index in [4.69, 9.17) is 0 Å². The Morgan fingerprint density at radius 3 is 2.80 bits per heavy atom. The molecule has 0 unspecified atom stereocenters. The first-order chi connectivity index (χ1) is 12.1. The molecule has 130 valence electrons. The normalized spacial score (nSPS) is 13.2. The number of carbonyl (C=O) groups is 2. The van der Waals surface area contributed by atoms with Crippen LogP contribution in [0.3, 0.4) is 0 Å². The Morgan fingerprint density at radius 2 is 2.04 bits per heavy atom. The summed E-state index contributed by atoms with van der Waals surface area (Å²) in [6.07, 6.45) is 5.78. The zero-order valence-corrected chi connectivity index (χ0v) is 14.5. The molecular formula is C20H23N3O2. The summed E-state index contributed by atoms with van der Waals surface area (Å²) in [6, 6.07) is 11.9. The van der Waals surface area contributed by atoms with Gasteiger partial charge in [0.1, 0.15) is 0 Å². The van der Waals surface area contributed by atoms with Gasteiger partial charge in [0.25, 0.3) is 0 Å². The molecule has 5 nitrogen and oxygen atoms in total. The summed E-state index contributed by atoms with van der Waals surface area (Å²) in [5.41, 5.74) is 3.20. The Morgan fingerprint density at radius 1 is 1.20 bits per heavy atom. The van der Waals surface area contributed by atoms with E-state index in [-0.39, 0.29) is 11.8 Å². The Kier molecular flexibility index (Phi) is 5.43. The van der Waals surface area contributed by atoms with Crippen molar-refractivity contribution in [1.29, 1.82) is 0 Å². The number of fused-ring (bicyclic) bond motifs is 1. The van der Waals surface area contributed by atoms with Gasteiger partial charge in [0.2, 0.25) is 11.8 Å². The molecule has 1 aromatic heterocycles. The van der Waals surface area contributed by atoms with Crippen LogP contribution >= 0.6 is 0 Å². The van der Waals surface area contributed by atoms with Crippen LogP contribution in [0.2, 0.25) is 0 Å². The van der Waals surface area contributed by atoms with Crippen molar-refractivity contribution in [2.45, 2.75) is 32.7 Å². The number of nitrogens with zero attached hydrogens (tertiary/aromatic N) is 3. The standard InChI is InChI=1S/C20H23N3O2/c1-16(24)22(15-17-6-4-11-21-14-17)13-10-20(25)23-12-5-8-18-7-2-3-9-19(18)23/h2-4,6-7,9,11,14H,5,8,10,12-13,15H2,1H3. The highest BCUT2D eigenvalue weighted by atomic mass is 16.2. The van der Waals surface area contributed by atoms with Crippen LogP contribution < -0.4 is 4.90 Å². The molecule has 0 fully saturated rings. The largest absolute Gasteiger partial charge is 0.338 e. The summed E-state index contributed by atoms with van der Waals surface area (Å²) in [6.45, 7) is 3.18. The van der Waals surface area contributed by atoms with Crippen LogP contribution in [0, 0.1) is 0 Å². The van der Waals surface area contributed by atoms with E-state index >= 15 is 0 Å². The van der Waals surface area contributed by atoms with E-state index < -0.39 is 0 Å². The van der Waals surface area contributed by atoms with Gasteiger partial charge in [-0.1, -0.05) is 24.3 Å². The summed E-state index contributed by atoms with van der Waals surface area (Å²) in [5.74, 6) is 0.0419. The summed E-state index contributed by atoms with van der Waals surface area (Å²) in [4.78, 5) is 32.3. The van der Waals surface area contributed by atoms with Crippen LogP contribution in [0.1, 0.15) is 30.9 Å². The van der Waals surface area contributed by atoms with Crippen LogP contribution in [-0.4, -0.2) is 34.8 Å². The predicted octanol–water partition coefficient (Wildman–Crippen LogP) is 2.80. The van der Waals surface area contributed by atoms with Crippen molar-refractivity contribution in [3.8, 4) is 0 Å². The molecule has 0 atom stereocenters. The van der Waals surface area contributed by atoms with Crippen molar-refractivity contribution < 1.29 is 9.59 Å². The number of hydrogen-bond donors (Lipinski definition) is 0. The lowest BCUT2D eigenvalue weighted by Crippen LogP contribution is -2.38. The number of aryl methyl sites for hydroxylation is 1. The lowest BCUT2D eigenvalue weighted by Gasteiger charge is -2.30. The van der Waals surface area contributed by atoms with Gasteiger partial charge in [0.05, 0.1) is 0 Å². The average molecular weight is 337 g/mol. The lowest BCUT2D eigenvalue weighted by molar-refractivity contribution is -0.130. The van der Waals surface area contributed by atoms with Crippen molar-refractivity contribution in [2.24, 2.45) is 0 Å². The first-order valence-electron chi connectivity index (χ1n) is 8.68. The molecule has 2 heterocycles. The molecule has 0 spiro atoms. The van der Waals surface area contributed by atoms with Crippen LogP contribution in [-0.2, 0) is 22.6 Å². The molecule has 0 N–H and O–H groups in total. The molecule has 0 aliphatic carbocycles. The van der Waals surface area contributed by atoms with Crippen molar-refractivity contribution in [2.75, 3.05) is 18.0 Å². The van der Waals surface area contributed by atoms with E-state index in [1.807, 2.05) is 35.2 Å². The first-order valence-corrected chi connectivity index (χ1v) is 8.68. The molecule has 1 aliphatic rings. The van der Waals surface area contributed by atoms with E-state index in [1.165, 1.54) is 12.5 Å². The Balaban J connectivity index is 1.63. The number of pyridine rings is 1. The predicted molar refractivity (Wildman–Crippen MR) is 97.1 cm³/mol. The van der Waals surface area contributed by atoms with Gasteiger partial charge < -0.3 is 9.80 Å². The zero-order chi connectivity index (χ0) is 17.6. The molecule has 3 rings (SSSR count). The van der Waals surface area contributed by atoms with Gasteiger partial charge in [0.15, 0.2) is 0 Å². The maximum Gasteiger partial charge on any atom is 0.228 e. The van der Waals surface area contributed by atoms with E-state index in [2.05, 4.69) is 11.1 Å². The Hall–Kier alpha value is -2.69. The van der Waals surface area contributed by atoms with Crippen molar-refractivity contribution in [1.82, 2.24) is 9.88 Å². The number of rotatable bonds is 5. The number of carbonyl (C=O) groups excluding carboxylic acids is 2. The number of hydrogen-bond acceptors (Lipinski definition) is 3. The van der Waals surface area contributed by atoms with Crippen LogP contribution in [0.15, 0.2) is 48.8 Å². The summed E-state index contributed by atoms with van der Waals surface area (Å²) >= 11 is 0. The Bertz CT molecular complexity index is 746. The van der Waals surface area contributed by atoms with Gasteiger partial charge in [0, 0.05) is 51.1 Å². The third-order valence-electron chi connectivity index (χ3n) is 4.55. The SMILES string of the molecule is CC(=O)N(CCC(=O)N1CCCc2ccccc21)Cc1cccnc1.